The van der Waals surface area contributed by atoms with Gasteiger partial charge in [0.25, 0.3) is 11.8 Å². The first-order valence-electron chi connectivity index (χ1n) is 8.44. The predicted molar refractivity (Wildman–Crippen MR) is 85.1 cm³/mol. The molecule has 4 amide bonds. The van der Waals surface area contributed by atoms with Crippen molar-refractivity contribution < 1.29 is 18.8 Å². The number of hydrazine groups is 1. The Balaban J connectivity index is 1.33. The van der Waals surface area contributed by atoms with Crippen molar-refractivity contribution in [2.45, 2.75) is 6.42 Å². The van der Waals surface area contributed by atoms with Gasteiger partial charge >= 0.3 is 6.03 Å². The highest BCUT2D eigenvalue weighted by atomic mass is 19.1. The van der Waals surface area contributed by atoms with Crippen LogP contribution in [0.4, 0.5) is 14.9 Å². The molecule has 5 aliphatic rings. The van der Waals surface area contributed by atoms with E-state index in [1.165, 1.54) is 18.2 Å². The largest absolute Gasteiger partial charge is 0.338 e. The van der Waals surface area contributed by atoms with E-state index in [1.54, 1.807) is 0 Å². The zero-order valence-electron chi connectivity index (χ0n) is 13.2. The zero-order valence-corrected chi connectivity index (χ0v) is 13.2. The molecule has 4 aliphatic carbocycles. The molecule has 2 bridgehead atoms. The van der Waals surface area contributed by atoms with Crippen molar-refractivity contribution in [3.63, 3.8) is 0 Å². The average molecular weight is 341 g/mol. The lowest BCUT2D eigenvalue weighted by Gasteiger charge is -2.37. The van der Waals surface area contributed by atoms with Crippen molar-refractivity contribution in [3.8, 4) is 0 Å². The zero-order chi connectivity index (χ0) is 17.3. The van der Waals surface area contributed by atoms with Gasteiger partial charge in [0.1, 0.15) is 5.82 Å². The number of amides is 4. The van der Waals surface area contributed by atoms with Gasteiger partial charge in [0.15, 0.2) is 0 Å². The predicted octanol–water partition coefficient (Wildman–Crippen LogP) is 1.92. The Labute approximate surface area is 143 Å². The summed E-state index contributed by atoms with van der Waals surface area (Å²) in [5.41, 5.74) is 2.58. The van der Waals surface area contributed by atoms with Crippen LogP contribution in [-0.2, 0) is 9.59 Å². The molecule has 1 aromatic carbocycles. The van der Waals surface area contributed by atoms with E-state index in [0.717, 1.165) is 17.5 Å². The number of imide groups is 1. The van der Waals surface area contributed by atoms with Gasteiger partial charge in [-0.1, -0.05) is 18.2 Å². The lowest BCUT2D eigenvalue weighted by Crippen LogP contribution is -2.48. The summed E-state index contributed by atoms with van der Waals surface area (Å²) in [7, 11) is 0. The highest BCUT2D eigenvalue weighted by molar-refractivity contribution is 6.07. The van der Waals surface area contributed by atoms with Gasteiger partial charge in [-0.3, -0.25) is 9.59 Å². The number of benzene rings is 1. The number of hydrogen-bond acceptors (Lipinski definition) is 3. The number of allylic oxidation sites excluding steroid dienone is 2. The first-order chi connectivity index (χ1) is 12.0. The summed E-state index contributed by atoms with van der Waals surface area (Å²) in [6.45, 7) is 0. The summed E-state index contributed by atoms with van der Waals surface area (Å²) < 4.78 is 13.2. The quantitative estimate of drug-likeness (QED) is 0.637. The summed E-state index contributed by atoms with van der Waals surface area (Å²) in [6, 6.07) is 4.66. The molecule has 7 heteroatoms. The van der Waals surface area contributed by atoms with Crippen LogP contribution in [0.2, 0.25) is 0 Å². The van der Waals surface area contributed by atoms with Gasteiger partial charge in [0.2, 0.25) is 0 Å². The molecule has 2 saturated carbocycles. The summed E-state index contributed by atoms with van der Waals surface area (Å²) in [5.74, 6) is -0.657. The van der Waals surface area contributed by atoms with Crippen molar-refractivity contribution in [1.29, 1.82) is 0 Å². The molecular weight excluding hydrogens is 325 g/mol. The molecule has 128 valence electrons. The molecular formula is C18H16FN3O3. The van der Waals surface area contributed by atoms with Gasteiger partial charge in [-0.2, -0.15) is 5.01 Å². The lowest BCUT2D eigenvalue weighted by molar-refractivity contribution is -0.142. The van der Waals surface area contributed by atoms with Gasteiger partial charge in [0.05, 0.1) is 11.8 Å². The van der Waals surface area contributed by atoms with Crippen LogP contribution < -0.4 is 10.7 Å². The minimum Gasteiger partial charge on any atom is -0.306 e. The summed E-state index contributed by atoms with van der Waals surface area (Å²) in [5, 5.41) is 3.28. The van der Waals surface area contributed by atoms with Gasteiger partial charge < -0.3 is 5.32 Å². The highest BCUT2D eigenvalue weighted by Gasteiger charge is 2.67. The molecule has 1 aromatic rings. The molecule has 1 heterocycles. The molecule has 6 unspecified atom stereocenters. The third kappa shape index (κ3) is 2.04. The molecule has 3 fully saturated rings. The Morgan fingerprint density at radius 1 is 1.08 bits per heavy atom. The van der Waals surface area contributed by atoms with Crippen molar-refractivity contribution >= 4 is 23.5 Å². The third-order valence-electron chi connectivity index (χ3n) is 5.96. The van der Waals surface area contributed by atoms with Crippen LogP contribution in [0.3, 0.4) is 0 Å². The van der Waals surface area contributed by atoms with Crippen LogP contribution in [0.5, 0.6) is 0 Å². The third-order valence-corrected chi connectivity index (χ3v) is 5.96. The Morgan fingerprint density at radius 3 is 2.32 bits per heavy atom. The average Bonchev–Trinajstić information content (AvgIpc) is 3.36. The minimum atomic E-state index is -0.739. The van der Waals surface area contributed by atoms with E-state index in [2.05, 4.69) is 22.9 Å². The second-order valence-electron chi connectivity index (χ2n) is 7.24. The number of nitrogens with one attached hydrogen (secondary N) is 2. The number of urea groups is 1. The van der Waals surface area contributed by atoms with Crippen LogP contribution in [-0.4, -0.2) is 22.9 Å². The van der Waals surface area contributed by atoms with Gasteiger partial charge in [-0.15, -0.1) is 0 Å². The van der Waals surface area contributed by atoms with Gasteiger partial charge in [-0.05, 0) is 48.3 Å². The molecule has 1 saturated heterocycles. The number of rotatable bonds is 2. The molecule has 1 aliphatic heterocycles. The molecule has 6 atom stereocenters. The monoisotopic (exact) mass is 341 g/mol. The molecule has 6 nitrogen and oxygen atoms in total. The number of anilines is 1. The van der Waals surface area contributed by atoms with E-state index in [4.69, 9.17) is 0 Å². The Bertz CT molecular complexity index is 803. The molecule has 0 aromatic heterocycles. The minimum absolute atomic E-state index is 0.106. The Kier molecular flexibility index (Phi) is 2.87. The maximum absolute atomic E-state index is 13.2. The standard InChI is InChI=1S/C18H16FN3O3/c19-8-2-1-3-9(6-8)20-18(25)21-22-16(23)14-10-4-5-11(13-7-12(10)13)15(14)17(22)24/h1-6,10-15H,7H2,(H2,20,21,25). The van der Waals surface area contributed by atoms with E-state index in [-0.39, 0.29) is 41.2 Å². The van der Waals surface area contributed by atoms with Crippen LogP contribution in [0.15, 0.2) is 36.4 Å². The van der Waals surface area contributed by atoms with Crippen LogP contribution in [0.1, 0.15) is 6.42 Å². The van der Waals surface area contributed by atoms with Crippen LogP contribution in [0.25, 0.3) is 0 Å². The number of nitrogens with zero attached hydrogens (tertiary/aromatic N) is 1. The summed E-state index contributed by atoms with van der Waals surface area (Å²) >= 11 is 0. The maximum Gasteiger partial charge on any atom is 0.338 e. The number of halogens is 1. The molecule has 0 radical (unpaired) electrons. The molecule has 2 N–H and O–H groups in total. The van der Waals surface area contributed by atoms with E-state index in [0.29, 0.717) is 11.8 Å². The fourth-order valence-electron chi connectivity index (χ4n) is 4.89. The fraction of sp³-hybridized carbons (Fsp3) is 0.389. The van der Waals surface area contributed by atoms with Crippen LogP contribution in [0, 0.1) is 41.3 Å². The van der Waals surface area contributed by atoms with E-state index < -0.39 is 11.8 Å². The molecule has 25 heavy (non-hydrogen) atoms. The molecule has 0 spiro atoms. The van der Waals surface area contributed by atoms with Gasteiger partial charge in [-0.25, -0.2) is 14.6 Å². The fourth-order valence-corrected chi connectivity index (χ4v) is 4.89. The van der Waals surface area contributed by atoms with Crippen molar-refractivity contribution in [2.75, 3.05) is 5.32 Å². The van der Waals surface area contributed by atoms with Crippen molar-refractivity contribution in [1.82, 2.24) is 10.4 Å². The summed E-state index contributed by atoms with van der Waals surface area (Å²) in [4.78, 5) is 37.6. The van der Waals surface area contributed by atoms with Crippen LogP contribution >= 0.6 is 0 Å². The summed E-state index contributed by atoms with van der Waals surface area (Å²) in [6.07, 6.45) is 5.23. The van der Waals surface area contributed by atoms with E-state index in [1.807, 2.05) is 0 Å². The topological polar surface area (TPSA) is 78.5 Å². The second-order valence-corrected chi connectivity index (χ2v) is 7.24. The Hall–Kier alpha value is -2.70. The second kappa shape index (κ2) is 4.91. The first-order valence-corrected chi connectivity index (χ1v) is 8.44. The first kappa shape index (κ1) is 14.6. The lowest BCUT2D eigenvalue weighted by atomic mass is 9.63. The van der Waals surface area contributed by atoms with E-state index >= 15 is 0 Å². The smallest absolute Gasteiger partial charge is 0.306 e. The number of carbonyl (C=O) groups is 3. The number of carbonyl (C=O) groups excluding carboxylic acids is 3. The molecule has 6 rings (SSSR count). The van der Waals surface area contributed by atoms with E-state index in [9.17, 15) is 18.8 Å². The normalized spacial score (nSPS) is 36.9. The Morgan fingerprint density at radius 2 is 1.72 bits per heavy atom. The van der Waals surface area contributed by atoms with Gasteiger partial charge in [0, 0.05) is 5.69 Å². The maximum atomic E-state index is 13.2. The number of hydrogen-bond donors (Lipinski definition) is 2. The highest BCUT2D eigenvalue weighted by Crippen LogP contribution is 2.65. The van der Waals surface area contributed by atoms with Crippen molar-refractivity contribution in [3.05, 3.63) is 42.2 Å². The SMILES string of the molecule is O=C(Nc1cccc(F)c1)NN1C(=O)C2C3C=CC(C4CC34)C2C1=O. The van der Waals surface area contributed by atoms with Crippen molar-refractivity contribution in [2.24, 2.45) is 35.5 Å².